The van der Waals surface area contributed by atoms with Crippen molar-refractivity contribution in [2.45, 2.75) is 0 Å². The van der Waals surface area contributed by atoms with E-state index in [1.54, 1.807) is 0 Å². The van der Waals surface area contributed by atoms with Gasteiger partial charge in [0.05, 0.1) is 0 Å². The predicted octanol–water partition coefficient (Wildman–Crippen LogP) is 3.08. The fraction of sp³-hybridized carbons (Fsp3) is 0. The van der Waals surface area contributed by atoms with E-state index in [1.807, 2.05) is 0 Å². The molecule has 0 amide bonds. The van der Waals surface area contributed by atoms with Gasteiger partial charge >= 0.3 is 20.3 Å². The van der Waals surface area contributed by atoms with Crippen LogP contribution in [0.1, 0.15) is 0 Å². The number of nitrogens with zero attached hydrogens (tertiary/aromatic N) is 8. The smallest absolute Gasteiger partial charge is 0.382 e. The Labute approximate surface area is 189 Å². The highest BCUT2D eigenvalue weighted by Gasteiger charge is 2.27. The van der Waals surface area contributed by atoms with Gasteiger partial charge in [0.2, 0.25) is 0 Å². The quantitative estimate of drug-likeness (QED) is 0.212. The monoisotopic (exact) mass is 487 g/mol. The first-order valence-electron chi connectivity index (χ1n) is 9.19. The van der Waals surface area contributed by atoms with E-state index in [0.29, 0.717) is 22.3 Å². The Morgan fingerprint density at radius 3 is 1.68 bits per heavy atom. The van der Waals surface area contributed by atoms with E-state index in [9.17, 15) is 13.3 Å². The molecule has 0 bridgehead atoms. The minimum Gasteiger partial charge on any atom is -0.382 e. The minimum absolute atomic E-state index is 0.193. The van der Waals surface area contributed by atoms with Crippen molar-refractivity contribution >= 4 is 54.6 Å². The predicted molar refractivity (Wildman–Crippen MR) is 118 cm³/mol. The second-order valence-electron chi connectivity index (χ2n) is 6.20. The normalized spacial score (nSPS) is 13.4. The van der Waals surface area contributed by atoms with Gasteiger partial charge < -0.3 is 11.5 Å². The van der Waals surface area contributed by atoms with Gasteiger partial charge in [0.1, 0.15) is 25.3 Å². The topological polar surface area (TPSA) is 175 Å². The molecular formula is C18H14F2N10O3P+. The molecule has 0 saturated carbocycles. The van der Waals surface area contributed by atoms with Crippen molar-refractivity contribution in [3.8, 4) is 0 Å². The highest BCUT2D eigenvalue weighted by molar-refractivity contribution is 7.33. The fourth-order valence-corrected chi connectivity index (χ4v) is 3.05. The largest absolute Gasteiger partial charge is 0.810 e. The zero-order valence-corrected chi connectivity index (χ0v) is 17.8. The molecule has 4 N–H and O–H groups in total. The first-order chi connectivity index (χ1) is 16.4. The van der Waals surface area contributed by atoms with Crippen LogP contribution in [0, 0.1) is 0 Å². The summed E-state index contributed by atoms with van der Waals surface area (Å²) in [5, 5.41) is 0. The molecule has 172 valence electrons. The number of hydrogen-bond donors (Lipinski definition) is 2. The summed E-state index contributed by atoms with van der Waals surface area (Å²) in [5.41, 5.74) is 12.9. The van der Waals surface area contributed by atoms with Crippen molar-refractivity contribution in [1.82, 2.24) is 39.0 Å². The molecule has 4 heterocycles. The second-order valence-corrected chi connectivity index (χ2v) is 7.01. The molecule has 0 radical (unpaired) electrons. The number of halogens is 2. The van der Waals surface area contributed by atoms with Crippen LogP contribution in [0.5, 0.6) is 0 Å². The van der Waals surface area contributed by atoms with Crippen molar-refractivity contribution in [3.05, 3.63) is 61.6 Å². The van der Waals surface area contributed by atoms with Crippen molar-refractivity contribution in [3.63, 3.8) is 0 Å². The van der Waals surface area contributed by atoms with Crippen LogP contribution in [-0.4, -0.2) is 39.0 Å². The fourth-order valence-electron chi connectivity index (χ4n) is 2.60. The number of hydrogen-bond acceptors (Lipinski definition) is 11. The van der Waals surface area contributed by atoms with Crippen molar-refractivity contribution in [2.75, 3.05) is 11.5 Å². The molecule has 13 nitrogen and oxygen atoms in total. The Hall–Kier alpha value is -4.78. The molecule has 0 atom stereocenters. The molecule has 4 rings (SSSR count). The van der Waals surface area contributed by atoms with E-state index in [-0.39, 0.29) is 11.6 Å². The van der Waals surface area contributed by atoms with Crippen LogP contribution in [0.3, 0.4) is 0 Å². The lowest BCUT2D eigenvalue weighted by Crippen LogP contribution is -1.94. The second kappa shape index (κ2) is 9.79. The molecule has 0 aliphatic rings. The molecule has 0 aromatic carbocycles. The van der Waals surface area contributed by atoms with Crippen molar-refractivity contribution in [1.29, 1.82) is 0 Å². The van der Waals surface area contributed by atoms with Crippen LogP contribution in [0.25, 0.3) is 34.7 Å². The highest BCUT2D eigenvalue weighted by atomic mass is 31.1. The molecular weight excluding hydrogens is 473 g/mol. The zero-order chi connectivity index (χ0) is 24.1. The minimum atomic E-state index is -3.16. The summed E-state index contributed by atoms with van der Waals surface area (Å²) in [4.78, 5) is 23.7. The first-order valence-corrected chi connectivity index (χ1v) is 10.3. The van der Waals surface area contributed by atoms with Crippen molar-refractivity contribution < 1.29 is 22.4 Å². The lowest BCUT2D eigenvalue weighted by molar-refractivity contribution is 0.227. The number of nitrogens with two attached hydrogens (primary N) is 2. The molecule has 4 aromatic heterocycles. The number of nitrogen functional groups attached to an aromatic ring is 2. The third kappa shape index (κ3) is 4.99. The summed E-state index contributed by atoms with van der Waals surface area (Å²) in [5.74, 6) is 0.386. The van der Waals surface area contributed by atoms with Gasteiger partial charge in [0.15, 0.2) is 34.0 Å². The maximum atomic E-state index is 13.8. The van der Waals surface area contributed by atoms with Crippen LogP contribution in [0.2, 0.25) is 0 Å². The van der Waals surface area contributed by atoms with Gasteiger partial charge in [-0.2, -0.15) is 17.8 Å². The van der Waals surface area contributed by atoms with E-state index >= 15 is 0 Å². The molecule has 0 saturated heterocycles. The SMILES string of the molecule is Nc1ncnc2c1ncn2C=CC=C(F)O[P+](=O)OC(F)=CC=Cn1cnc2c(N)ncnc21. The number of imidazole rings is 2. The number of aromatic nitrogens is 8. The van der Waals surface area contributed by atoms with E-state index in [1.165, 1.54) is 59.0 Å². The van der Waals surface area contributed by atoms with E-state index in [0.717, 1.165) is 12.2 Å². The maximum Gasteiger partial charge on any atom is 0.810 e. The Bertz CT molecular complexity index is 1380. The van der Waals surface area contributed by atoms with Crippen LogP contribution in [0.15, 0.2) is 61.6 Å². The number of fused-ring (bicyclic) bond motifs is 2. The highest BCUT2D eigenvalue weighted by Crippen LogP contribution is 2.32. The Balaban J connectivity index is 1.33. The standard InChI is InChI=1S/C18H14F2N10O3P/c19-11(3-1-5-29-9-27-13-15(21)23-7-25-17(13)29)32-34(31)33-12(20)4-2-6-30-10-28-14-16(22)24-8-26-18(14)30/h1-10H,(H2,21,23,25)(H2,22,24,26)/q+1. The summed E-state index contributed by atoms with van der Waals surface area (Å²) >= 11 is 0. The summed E-state index contributed by atoms with van der Waals surface area (Å²) in [7, 11) is -3.16. The van der Waals surface area contributed by atoms with Crippen molar-refractivity contribution in [2.24, 2.45) is 0 Å². The molecule has 0 aliphatic carbocycles. The Kier molecular flexibility index (Phi) is 6.45. The number of anilines is 2. The summed E-state index contributed by atoms with van der Waals surface area (Å²) in [6, 6.07) is -2.55. The van der Waals surface area contributed by atoms with Crippen LogP contribution in [0.4, 0.5) is 20.4 Å². The van der Waals surface area contributed by atoms with Gasteiger partial charge in [-0.3, -0.25) is 9.13 Å². The van der Waals surface area contributed by atoms with E-state index in [2.05, 4.69) is 39.0 Å². The van der Waals surface area contributed by atoms with Gasteiger partial charge in [-0.15, -0.1) is 0 Å². The van der Waals surface area contributed by atoms with Gasteiger partial charge in [0.25, 0.3) is 0 Å². The molecule has 34 heavy (non-hydrogen) atoms. The Morgan fingerprint density at radius 2 is 1.24 bits per heavy atom. The molecule has 0 spiro atoms. The average Bonchev–Trinajstić information content (AvgIpc) is 3.40. The van der Waals surface area contributed by atoms with E-state index < -0.39 is 20.3 Å². The summed E-state index contributed by atoms with van der Waals surface area (Å²) in [6.45, 7) is 0. The van der Waals surface area contributed by atoms with E-state index in [4.69, 9.17) is 11.5 Å². The molecule has 16 heteroatoms. The number of rotatable bonds is 8. The van der Waals surface area contributed by atoms with Crippen LogP contribution >= 0.6 is 8.25 Å². The lowest BCUT2D eigenvalue weighted by atomic mass is 10.5. The summed E-state index contributed by atoms with van der Waals surface area (Å²) < 4.78 is 50.9. The zero-order valence-electron chi connectivity index (χ0n) is 16.9. The molecule has 4 aromatic rings. The Morgan fingerprint density at radius 1 is 0.794 bits per heavy atom. The average molecular weight is 487 g/mol. The third-order valence-corrected chi connectivity index (χ3v) is 4.69. The molecule has 0 aliphatic heterocycles. The number of allylic oxidation sites excluding steroid dienone is 4. The van der Waals surface area contributed by atoms with Crippen LogP contribution in [-0.2, 0) is 13.6 Å². The van der Waals surface area contributed by atoms with Gasteiger partial charge in [-0.1, -0.05) is 0 Å². The van der Waals surface area contributed by atoms with Gasteiger partial charge in [-0.05, 0) is 12.2 Å². The third-order valence-electron chi connectivity index (χ3n) is 4.05. The molecule has 0 fully saturated rings. The van der Waals surface area contributed by atoms with Gasteiger partial charge in [0, 0.05) is 29.1 Å². The lowest BCUT2D eigenvalue weighted by Gasteiger charge is -1.95. The summed E-state index contributed by atoms with van der Waals surface area (Å²) in [6.07, 6.45) is 12.2. The first kappa shape index (κ1) is 22.4. The molecule has 0 unspecified atom stereocenters. The maximum absolute atomic E-state index is 13.8. The van der Waals surface area contributed by atoms with Gasteiger partial charge in [-0.25, -0.2) is 29.9 Å². The van der Waals surface area contributed by atoms with Crippen LogP contribution < -0.4 is 11.5 Å².